The molecule has 2 amide bonds. The number of carbonyl (C=O) groups excluding carboxylic acids is 1. The normalized spacial score (nSPS) is 23.1. The molecule has 1 saturated carbocycles. The van der Waals surface area contributed by atoms with Crippen molar-refractivity contribution in [1.82, 2.24) is 10.2 Å². The summed E-state index contributed by atoms with van der Waals surface area (Å²) in [6.07, 6.45) is 9.05. The summed E-state index contributed by atoms with van der Waals surface area (Å²) in [6.45, 7) is 2.81. The van der Waals surface area contributed by atoms with Crippen molar-refractivity contribution in [1.29, 1.82) is 0 Å². The van der Waals surface area contributed by atoms with Gasteiger partial charge in [0.15, 0.2) is 0 Å². The Kier molecular flexibility index (Phi) is 3.87. The lowest BCUT2D eigenvalue weighted by Gasteiger charge is -2.23. The number of carbonyl (C=O) groups is 1. The van der Waals surface area contributed by atoms with Crippen molar-refractivity contribution in [3.05, 3.63) is 0 Å². The van der Waals surface area contributed by atoms with Crippen LogP contribution in [0.15, 0.2) is 0 Å². The zero-order valence-corrected chi connectivity index (χ0v) is 9.50. The fourth-order valence-electron chi connectivity index (χ4n) is 2.65. The fourth-order valence-corrected chi connectivity index (χ4v) is 2.65. The van der Waals surface area contributed by atoms with Crippen LogP contribution in [0, 0.1) is 5.92 Å². The highest BCUT2D eigenvalue weighted by molar-refractivity contribution is 5.74. The van der Waals surface area contributed by atoms with E-state index in [0.717, 1.165) is 25.6 Å². The van der Waals surface area contributed by atoms with Gasteiger partial charge in [-0.05, 0) is 31.6 Å². The van der Waals surface area contributed by atoms with Gasteiger partial charge in [-0.2, -0.15) is 0 Å². The van der Waals surface area contributed by atoms with Gasteiger partial charge in [-0.15, -0.1) is 0 Å². The van der Waals surface area contributed by atoms with Crippen LogP contribution in [-0.2, 0) is 0 Å². The molecule has 86 valence electrons. The molecule has 2 fully saturated rings. The highest BCUT2D eigenvalue weighted by Crippen LogP contribution is 2.22. The molecule has 0 bridgehead atoms. The first-order chi connectivity index (χ1) is 7.36. The zero-order valence-electron chi connectivity index (χ0n) is 9.50. The quantitative estimate of drug-likeness (QED) is 0.745. The minimum atomic E-state index is 0.165. The van der Waals surface area contributed by atoms with Crippen molar-refractivity contribution in [2.24, 2.45) is 5.92 Å². The summed E-state index contributed by atoms with van der Waals surface area (Å²) in [5, 5.41) is 3.08. The fraction of sp³-hybridized carbons (Fsp3) is 0.917. The van der Waals surface area contributed by atoms with Gasteiger partial charge in [-0.1, -0.05) is 19.3 Å². The molecule has 1 aliphatic carbocycles. The maximum atomic E-state index is 11.7. The van der Waals surface area contributed by atoms with Gasteiger partial charge in [0.05, 0.1) is 0 Å². The van der Waals surface area contributed by atoms with Crippen molar-refractivity contribution >= 4 is 6.03 Å². The molecule has 2 aliphatic rings. The molecule has 0 radical (unpaired) electrons. The molecule has 0 aromatic heterocycles. The lowest BCUT2D eigenvalue weighted by Crippen LogP contribution is -2.40. The zero-order chi connectivity index (χ0) is 10.5. The van der Waals surface area contributed by atoms with E-state index in [2.05, 4.69) is 5.32 Å². The molecule has 1 saturated heterocycles. The largest absolute Gasteiger partial charge is 0.338 e. The molecular weight excluding hydrogens is 188 g/mol. The first kappa shape index (κ1) is 10.8. The van der Waals surface area contributed by atoms with Crippen LogP contribution in [0.1, 0.15) is 44.9 Å². The van der Waals surface area contributed by atoms with Crippen molar-refractivity contribution in [3.63, 3.8) is 0 Å². The van der Waals surface area contributed by atoms with Crippen LogP contribution in [0.25, 0.3) is 0 Å². The molecule has 0 unspecified atom stereocenters. The number of rotatable bonds is 2. The molecule has 0 aromatic rings. The van der Waals surface area contributed by atoms with Crippen LogP contribution in [0.5, 0.6) is 0 Å². The first-order valence-electron chi connectivity index (χ1n) is 6.39. The highest BCUT2D eigenvalue weighted by Gasteiger charge is 2.19. The second kappa shape index (κ2) is 5.38. The van der Waals surface area contributed by atoms with Crippen LogP contribution >= 0.6 is 0 Å². The Morgan fingerprint density at radius 2 is 1.73 bits per heavy atom. The molecular formula is C12H22N2O. The molecule has 1 N–H and O–H groups in total. The third kappa shape index (κ3) is 3.11. The standard InChI is InChI=1S/C12H22N2O/c15-12(14-8-4-5-9-14)13-10-11-6-2-1-3-7-11/h11H,1-10H2,(H,13,15). The summed E-state index contributed by atoms with van der Waals surface area (Å²) in [6, 6.07) is 0.165. The van der Waals surface area contributed by atoms with Gasteiger partial charge in [0, 0.05) is 19.6 Å². The van der Waals surface area contributed by atoms with E-state index in [9.17, 15) is 4.79 Å². The molecule has 0 spiro atoms. The van der Waals surface area contributed by atoms with Crippen LogP contribution in [0.2, 0.25) is 0 Å². The Labute approximate surface area is 92.2 Å². The SMILES string of the molecule is O=C(NCC1CCCCC1)N1CCCC1. The molecule has 0 aromatic carbocycles. The smallest absolute Gasteiger partial charge is 0.317 e. The molecule has 3 nitrogen and oxygen atoms in total. The predicted octanol–water partition coefficient (Wildman–Crippen LogP) is 2.37. The van der Waals surface area contributed by atoms with Gasteiger partial charge in [0.2, 0.25) is 0 Å². The number of amides is 2. The summed E-state index contributed by atoms with van der Waals surface area (Å²) >= 11 is 0. The summed E-state index contributed by atoms with van der Waals surface area (Å²) in [5.74, 6) is 0.741. The average Bonchev–Trinajstić information content (AvgIpc) is 2.81. The minimum Gasteiger partial charge on any atom is -0.338 e. The van der Waals surface area contributed by atoms with E-state index in [1.807, 2.05) is 4.90 Å². The maximum Gasteiger partial charge on any atom is 0.317 e. The predicted molar refractivity (Wildman–Crippen MR) is 60.8 cm³/mol. The van der Waals surface area contributed by atoms with Crippen LogP contribution in [0.3, 0.4) is 0 Å². The maximum absolute atomic E-state index is 11.7. The summed E-state index contributed by atoms with van der Waals surface area (Å²) < 4.78 is 0. The van der Waals surface area contributed by atoms with Gasteiger partial charge in [-0.25, -0.2) is 4.79 Å². The lowest BCUT2D eigenvalue weighted by atomic mass is 9.89. The Morgan fingerprint density at radius 1 is 1.07 bits per heavy atom. The van der Waals surface area contributed by atoms with E-state index < -0.39 is 0 Å². The summed E-state index contributed by atoms with van der Waals surface area (Å²) in [4.78, 5) is 13.7. The minimum absolute atomic E-state index is 0.165. The number of likely N-dealkylation sites (tertiary alicyclic amines) is 1. The van der Waals surface area contributed by atoms with Crippen LogP contribution in [-0.4, -0.2) is 30.6 Å². The number of urea groups is 1. The summed E-state index contributed by atoms with van der Waals surface area (Å²) in [5.41, 5.74) is 0. The van der Waals surface area contributed by atoms with Gasteiger partial charge < -0.3 is 10.2 Å². The van der Waals surface area contributed by atoms with Gasteiger partial charge in [0.1, 0.15) is 0 Å². The van der Waals surface area contributed by atoms with E-state index in [0.29, 0.717) is 0 Å². The van der Waals surface area contributed by atoms with E-state index >= 15 is 0 Å². The van der Waals surface area contributed by atoms with Crippen LogP contribution < -0.4 is 5.32 Å². The van der Waals surface area contributed by atoms with Crippen molar-refractivity contribution < 1.29 is 4.79 Å². The molecule has 1 aliphatic heterocycles. The average molecular weight is 210 g/mol. The Balaban J connectivity index is 1.65. The number of nitrogens with zero attached hydrogens (tertiary/aromatic N) is 1. The Bertz CT molecular complexity index is 206. The second-order valence-electron chi connectivity index (χ2n) is 4.88. The van der Waals surface area contributed by atoms with Crippen molar-refractivity contribution in [2.75, 3.05) is 19.6 Å². The summed E-state index contributed by atoms with van der Waals surface area (Å²) in [7, 11) is 0. The monoisotopic (exact) mass is 210 g/mol. The second-order valence-corrected chi connectivity index (χ2v) is 4.88. The van der Waals surface area contributed by atoms with Crippen molar-refractivity contribution in [3.8, 4) is 0 Å². The lowest BCUT2D eigenvalue weighted by molar-refractivity contribution is 0.204. The number of hydrogen-bond acceptors (Lipinski definition) is 1. The molecule has 3 heteroatoms. The van der Waals surface area contributed by atoms with E-state index in [-0.39, 0.29) is 6.03 Å². The number of nitrogens with one attached hydrogen (secondary N) is 1. The van der Waals surface area contributed by atoms with E-state index in [1.54, 1.807) is 0 Å². The molecule has 1 heterocycles. The molecule has 0 atom stereocenters. The first-order valence-corrected chi connectivity index (χ1v) is 6.39. The van der Waals surface area contributed by atoms with E-state index in [4.69, 9.17) is 0 Å². The Hall–Kier alpha value is -0.730. The third-order valence-electron chi connectivity index (χ3n) is 3.66. The highest BCUT2D eigenvalue weighted by atomic mass is 16.2. The van der Waals surface area contributed by atoms with Gasteiger partial charge in [-0.3, -0.25) is 0 Å². The number of hydrogen-bond donors (Lipinski definition) is 1. The molecule has 15 heavy (non-hydrogen) atoms. The van der Waals surface area contributed by atoms with Crippen LogP contribution in [0.4, 0.5) is 4.79 Å². The van der Waals surface area contributed by atoms with Gasteiger partial charge in [0.25, 0.3) is 0 Å². The third-order valence-corrected chi connectivity index (χ3v) is 3.66. The molecule has 2 rings (SSSR count). The topological polar surface area (TPSA) is 32.3 Å². The Morgan fingerprint density at radius 3 is 2.40 bits per heavy atom. The van der Waals surface area contributed by atoms with Gasteiger partial charge >= 0.3 is 6.03 Å². The van der Waals surface area contributed by atoms with E-state index in [1.165, 1.54) is 44.9 Å². The van der Waals surface area contributed by atoms with Crippen molar-refractivity contribution in [2.45, 2.75) is 44.9 Å².